The van der Waals surface area contributed by atoms with Gasteiger partial charge in [0.2, 0.25) is 0 Å². The molecule has 0 atom stereocenters. The van der Waals surface area contributed by atoms with Gasteiger partial charge in [0.25, 0.3) is 0 Å². The average molecular weight is 425 g/mol. The second-order valence-corrected chi connectivity index (χ2v) is 7.55. The van der Waals surface area contributed by atoms with Gasteiger partial charge in [-0.1, -0.05) is 23.7 Å². The molecule has 0 spiro atoms. The minimum atomic E-state index is -0.0663. The summed E-state index contributed by atoms with van der Waals surface area (Å²) in [6.45, 7) is 6.00. The first-order valence-corrected chi connectivity index (χ1v) is 9.96. The normalized spacial score (nSPS) is 11.1. The summed E-state index contributed by atoms with van der Waals surface area (Å²) in [6, 6.07) is 11.3. The Morgan fingerprint density at radius 1 is 1.17 bits per heavy atom. The summed E-state index contributed by atoms with van der Waals surface area (Å²) in [7, 11) is 3.46. The van der Waals surface area contributed by atoms with Crippen LogP contribution in [0.3, 0.4) is 0 Å². The highest BCUT2D eigenvalue weighted by molar-refractivity contribution is 6.31. The number of carbonyl (C=O) groups excluding carboxylic acids is 1. The number of halogens is 1. The lowest BCUT2D eigenvalue weighted by atomic mass is 10.1. The van der Waals surface area contributed by atoms with E-state index in [2.05, 4.69) is 5.10 Å². The van der Waals surface area contributed by atoms with Gasteiger partial charge in [0.15, 0.2) is 5.78 Å². The number of carbonyl (C=O) groups is 1. The Kier molecular flexibility index (Phi) is 6.63. The number of aromatic nitrogens is 2. The van der Waals surface area contributed by atoms with Crippen LogP contribution in [0.25, 0.3) is 6.08 Å². The van der Waals surface area contributed by atoms with Crippen LogP contribution in [-0.2, 0) is 13.7 Å². The zero-order valence-electron chi connectivity index (χ0n) is 17.8. The highest BCUT2D eigenvalue weighted by Gasteiger charge is 2.15. The molecule has 0 saturated heterocycles. The van der Waals surface area contributed by atoms with E-state index in [9.17, 15) is 4.79 Å². The zero-order valence-corrected chi connectivity index (χ0v) is 18.6. The Morgan fingerprint density at radius 3 is 2.57 bits per heavy atom. The maximum atomic E-state index is 12.7. The van der Waals surface area contributed by atoms with Gasteiger partial charge in [-0.15, -0.1) is 0 Å². The number of ketones is 1. The summed E-state index contributed by atoms with van der Waals surface area (Å²) in [5.41, 5.74) is 4.94. The number of aryl methyl sites for hydroxylation is 3. The summed E-state index contributed by atoms with van der Waals surface area (Å²) < 4.78 is 13.1. The third-order valence-electron chi connectivity index (χ3n) is 5.01. The van der Waals surface area contributed by atoms with Crippen molar-refractivity contribution < 1.29 is 14.3 Å². The van der Waals surface area contributed by atoms with E-state index in [1.165, 1.54) is 0 Å². The van der Waals surface area contributed by atoms with Gasteiger partial charge in [-0.05, 0) is 68.3 Å². The Morgan fingerprint density at radius 2 is 1.93 bits per heavy atom. The molecule has 0 saturated carbocycles. The van der Waals surface area contributed by atoms with Gasteiger partial charge in [-0.2, -0.15) is 5.10 Å². The molecule has 0 aliphatic carbocycles. The molecule has 0 N–H and O–H groups in total. The minimum Gasteiger partial charge on any atom is -0.496 e. The summed E-state index contributed by atoms with van der Waals surface area (Å²) in [6.07, 6.45) is 3.37. The molecule has 0 aliphatic heterocycles. The Hall–Kier alpha value is -3.05. The predicted octanol–water partition coefficient (Wildman–Crippen LogP) is 5.48. The lowest BCUT2D eigenvalue weighted by Crippen LogP contribution is -2.00. The fraction of sp³-hybridized carbons (Fsp3) is 0.250. The van der Waals surface area contributed by atoms with Crippen molar-refractivity contribution in [1.29, 1.82) is 0 Å². The molecule has 1 aromatic heterocycles. The highest BCUT2D eigenvalue weighted by atomic mass is 35.5. The predicted molar refractivity (Wildman–Crippen MR) is 120 cm³/mol. The SMILES string of the molecule is COc1ccc(/C=C/C(=O)c2c(C)nn(C)c2C)cc1COc1ccc(Cl)c(C)c1. The third kappa shape index (κ3) is 4.74. The molecule has 6 heteroatoms. The van der Waals surface area contributed by atoms with Crippen LogP contribution in [0.2, 0.25) is 5.02 Å². The summed E-state index contributed by atoms with van der Waals surface area (Å²) in [4.78, 5) is 12.7. The number of rotatable bonds is 7. The molecule has 2 aromatic carbocycles. The Labute approximate surface area is 181 Å². The number of allylic oxidation sites excluding steroid dienone is 1. The monoisotopic (exact) mass is 424 g/mol. The van der Waals surface area contributed by atoms with Crippen molar-refractivity contribution in [2.24, 2.45) is 7.05 Å². The standard InChI is InChI=1S/C24H25ClN2O3/c1-15-12-20(8-9-21(15)25)30-14-19-13-18(7-11-23(19)29-5)6-10-22(28)24-16(2)26-27(4)17(24)3/h6-13H,14H2,1-5H3/b10-6+. The lowest BCUT2D eigenvalue weighted by Gasteiger charge is -2.12. The molecular formula is C24H25ClN2O3. The highest BCUT2D eigenvalue weighted by Crippen LogP contribution is 2.25. The minimum absolute atomic E-state index is 0.0663. The van der Waals surface area contributed by atoms with Crippen LogP contribution in [0.5, 0.6) is 11.5 Å². The van der Waals surface area contributed by atoms with E-state index in [1.54, 1.807) is 23.9 Å². The second-order valence-electron chi connectivity index (χ2n) is 7.14. The van der Waals surface area contributed by atoms with Crippen molar-refractivity contribution in [2.75, 3.05) is 7.11 Å². The van der Waals surface area contributed by atoms with Crippen LogP contribution in [0, 0.1) is 20.8 Å². The van der Waals surface area contributed by atoms with E-state index in [4.69, 9.17) is 21.1 Å². The number of benzene rings is 2. The van der Waals surface area contributed by atoms with Crippen LogP contribution in [0.1, 0.15) is 38.4 Å². The molecule has 5 nitrogen and oxygen atoms in total. The topological polar surface area (TPSA) is 53.3 Å². The molecule has 0 aliphatic rings. The molecule has 0 fully saturated rings. The summed E-state index contributed by atoms with van der Waals surface area (Å²) in [5.74, 6) is 1.39. The fourth-order valence-electron chi connectivity index (χ4n) is 3.27. The van der Waals surface area contributed by atoms with Gasteiger partial charge in [-0.3, -0.25) is 9.48 Å². The Balaban J connectivity index is 1.78. The summed E-state index contributed by atoms with van der Waals surface area (Å²) in [5, 5.41) is 5.01. The molecule has 3 aromatic rings. The molecule has 3 rings (SSSR count). The molecule has 156 valence electrons. The van der Waals surface area contributed by atoms with E-state index in [-0.39, 0.29) is 5.78 Å². The second kappa shape index (κ2) is 9.18. The van der Waals surface area contributed by atoms with Gasteiger partial charge in [0, 0.05) is 23.3 Å². The van der Waals surface area contributed by atoms with Crippen molar-refractivity contribution in [3.05, 3.63) is 81.1 Å². The largest absolute Gasteiger partial charge is 0.496 e. The van der Waals surface area contributed by atoms with Gasteiger partial charge in [0.05, 0.1) is 18.4 Å². The molecule has 0 bridgehead atoms. The van der Waals surface area contributed by atoms with Crippen LogP contribution in [0.4, 0.5) is 0 Å². The van der Waals surface area contributed by atoms with E-state index in [0.717, 1.165) is 39.6 Å². The van der Waals surface area contributed by atoms with E-state index in [1.807, 2.05) is 64.2 Å². The van der Waals surface area contributed by atoms with Crippen LogP contribution >= 0.6 is 11.6 Å². The third-order valence-corrected chi connectivity index (χ3v) is 5.43. The van der Waals surface area contributed by atoms with Crippen molar-refractivity contribution in [1.82, 2.24) is 9.78 Å². The van der Waals surface area contributed by atoms with Crippen molar-refractivity contribution in [3.8, 4) is 11.5 Å². The molecule has 0 radical (unpaired) electrons. The van der Waals surface area contributed by atoms with Crippen LogP contribution in [-0.4, -0.2) is 22.7 Å². The maximum absolute atomic E-state index is 12.7. The van der Waals surface area contributed by atoms with Gasteiger partial charge >= 0.3 is 0 Å². The first-order chi connectivity index (χ1) is 14.3. The van der Waals surface area contributed by atoms with Gasteiger partial charge in [-0.25, -0.2) is 0 Å². The van der Waals surface area contributed by atoms with Gasteiger partial charge in [0.1, 0.15) is 18.1 Å². The van der Waals surface area contributed by atoms with Crippen molar-refractivity contribution >= 4 is 23.5 Å². The first kappa shape index (κ1) is 21.7. The van der Waals surface area contributed by atoms with Crippen molar-refractivity contribution in [3.63, 3.8) is 0 Å². The molecule has 0 unspecified atom stereocenters. The molecule has 0 amide bonds. The first-order valence-electron chi connectivity index (χ1n) is 9.58. The zero-order chi connectivity index (χ0) is 21.8. The van der Waals surface area contributed by atoms with Crippen LogP contribution in [0.15, 0.2) is 42.5 Å². The molecule has 1 heterocycles. The van der Waals surface area contributed by atoms with E-state index >= 15 is 0 Å². The smallest absolute Gasteiger partial charge is 0.189 e. The van der Waals surface area contributed by atoms with E-state index in [0.29, 0.717) is 17.2 Å². The quantitative estimate of drug-likeness (QED) is 0.372. The number of methoxy groups -OCH3 is 1. The molecular weight excluding hydrogens is 400 g/mol. The fourth-order valence-corrected chi connectivity index (χ4v) is 3.39. The van der Waals surface area contributed by atoms with Crippen LogP contribution < -0.4 is 9.47 Å². The average Bonchev–Trinajstić information content (AvgIpc) is 2.98. The maximum Gasteiger partial charge on any atom is 0.189 e. The summed E-state index contributed by atoms with van der Waals surface area (Å²) >= 11 is 6.08. The number of hydrogen-bond donors (Lipinski definition) is 0. The number of nitrogens with zero attached hydrogens (tertiary/aromatic N) is 2. The molecule has 30 heavy (non-hydrogen) atoms. The van der Waals surface area contributed by atoms with Gasteiger partial charge < -0.3 is 9.47 Å². The number of hydrogen-bond acceptors (Lipinski definition) is 4. The number of ether oxygens (including phenoxy) is 2. The lowest BCUT2D eigenvalue weighted by molar-refractivity contribution is 0.104. The van der Waals surface area contributed by atoms with E-state index < -0.39 is 0 Å². The Bertz CT molecular complexity index is 1120. The van der Waals surface area contributed by atoms with Crippen molar-refractivity contribution in [2.45, 2.75) is 27.4 Å².